The molecule has 0 aliphatic rings. The molecule has 0 saturated heterocycles. The van der Waals surface area contributed by atoms with Gasteiger partial charge in [0.05, 0.1) is 6.61 Å². The van der Waals surface area contributed by atoms with Gasteiger partial charge in [-0.1, -0.05) is 77.8 Å². The molecule has 0 fully saturated rings. The molecule has 1 aromatic carbocycles. The Kier molecular flexibility index (Phi) is 13.5. The molecule has 0 radical (unpaired) electrons. The third-order valence-corrected chi connectivity index (χ3v) is 5.31. The van der Waals surface area contributed by atoms with Crippen LogP contribution in [0.3, 0.4) is 0 Å². The zero-order valence-corrected chi connectivity index (χ0v) is 18.5. The SMILES string of the molecule is CCCCCCCCOC(=O)CCc1cc(CCCC)c(O)c(CCCC)c1. The van der Waals surface area contributed by atoms with Crippen molar-refractivity contribution in [2.24, 2.45) is 0 Å². The van der Waals surface area contributed by atoms with E-state index in [1.54, 1.807) is 0 Å². The van der Waals surface area contributed by atoms with Gasteiger partial charge in [-0.15, -0.1) is 0 Å². The standard InChI is InChI=1S/C25H42O3/c1-4-7-10-11-12-13-18-28-24(26)17-16-21-19-22(14-8-5-2)25(27)23(20-21)15-9-6-3/h19-20,27H,4-18H2,1-3H3. The van der Waals surface area contributed by atoms with Gasteiger partial charge in [0.25, 0.3) is 0 Å². The molecule has 0 amide bonds. The number of carbonyl (C=O) groups is 1. The highest BCUT2D eigenvalue weighted by Crippen LogP contribution is 2.28. The summed E-state index contributed by atoms with van der Waals surface area (Å²) in [6, 6.07) is 4.17. The second-order valence-corrected chi connectivity index (χ2v) is 7.96. The van der Waals surface area contributed by atoms with Crippen molar-refractivity contribution in [1.82, 2.24) is 0 Å². The van der Waals surface area contributed by atoms with Crippen LogP contribution >= 0.6 is 0 Å². The van der Waals surface area contributed by atoms with Gasteiger partial charge in [0.2, 0.25) is 0 Å². The number of hydrogen-bond acceptors (Lipinski definition) is 3. The highest BCUT2D eigenvalue weighted by atomic mass is 16.5. The Morgan fingerprint density at radius 1 is 0.786 bits per heavy atom. The van der Waals surface area contributed by atoms with Gasteiger partial charge in [-0.3, -0.25) is 4.79 Å². The number of carbonyl (C=O) groups excluding carboxylic acids is 1. The summed E-state index contributed by atoms with van der Waals surface area (Å²) in [4.78, 5) is 12.1. The van der Waals surface area contributed by atoms with Crippen LogP contribution in [0.25, 0.3) is 0 Å². The van der Waals surface area contributed by atoms with Crippen LogP contribution in [0.5, 0.6) is 5.75 Å². The Morgan fingerprint density at radius 2 is 1.32 bits per heavy atom. The third-order valence-electron chi connectivity index (χ3n) is 5.31. The predicted molar refractivity (Wildman–Crippen MR) is 118 cm³/mol. The number of ether oxygens (including phenoxy) is 1. The number of aromatic hydroxyl groups is 1. The van der Waals surface area contributed by atoms with Crippen molar-refractivity contribution in [1.29, 1.82) is 0 Å². The first-order chi connectivity index (χ1) is 13.6. The molecule has 1 rings (SSSR count). The van der Waals surface area contributed by atoms with E-state index in [2.05, 4.69) is 32.9 Å². The van der Waals surface area contributed by atoms with Crippen molar-refractivity contribution in [2.45, 2.75) is 111 Å². The molecule has 0 atom stereocenters. The maximum Gasteiger partial charge on any atom is 0.306 e. The third kappa shape index (κ3) is 10.1. The number of benzene rings is 1. The number of hydrogen-bond donors (Lipinski definition) is 1. The van der Waals surface area contributed by atoms with E-state index in [1.807, 2.05) is 0 Å². The molecule has 0 bridgehead atoms. The lowest BCUT2D eigenvalue weighted by Crippen LogP contribution is -2.07. The average molecular weight is 391 g/mol. The fourth-order valence-electron chi connectivity index (χ4n) is 3.48. The van der Waals surface area contributed by atoms with Crippen molar-refractivity contribution in [3.8, 4) is 5.75 Å². The molecule has 1 aromatic rings. The van der Waals surface area contributed by atoms with Crippen LogP contribution in [-0.4, -0.2) is 17.7 Å². The number of unbranched alkanes of at least 4 members (excludes halogenated alkanes) is 7. The second-order valence-electron chi connectivity index (χ2n) is 7.96. The average Bonchev–Trinajstić information content (AvgIpc) is 2.70. The Labute approximate surface area is 172 Å². The molecule has 3 heteroatoms. The van der Waals surface area contributed by atoms with Crippen molar-refractivity contribution in [2.75, 3.05) is 6.61 Å². The Morgan fingerprint density at radius 3 is 1.89 bits per heavy atom. The van der Waals surface area contributed by atoms with E-state index in [0.29, 0.717) is 25.2 Å². The molecule has 28 heavy (non-hydrogen) atoms. The van der Waals surface area contributed by atoms with Gasteiger partial charge in [0, 0.05) is 6.42 Å². The van der Waals surface area contributed by atoms with Crippen LogP contribution in [0.2, 0.25) is 0 Å². The van der Waals surface area contributed by atoms with Gasteiger partial charge in [-0.2, -0.15) is 0 Å². The van der Waals surface area contributed by atoms with E-state index in [4.69, 9.17) is 4.74 Å². The van der Waals surface area contributed by atoms with E-state index in [0.717, 1.165) is 68.1 Å². The predicted octanol–water partition coefficient (Wildman–Crippen LogP) is 6.91. The summed E-state index contributed by atoms with van der Waals surface area (Å²) in [7, 11) is 0. The van der Waals surface area contributed by atoms with E-state index in [1.165, 1.54) is 25.7 Å². The zero-order valence-electron chi connectivity index (χ0n) is 18.5. The minimum Gasteiger partial charge on any atom is -0.507 e. The fraction of sp³-hybridized carbons (Fsp3) is 0.720. The normalized spacial score (nSPS) is 11.0. The summed E-state index contributed by atoms with van der Waals surface area (Å²) in [6.07, 6.45) is 14.5. The number of rotatable bonds is 16. The molecule has 160 valence electrons. The van der Waals surface area contributed by atoms with E-state index < -0.39 is 0 Å². The van der Waals surface area contributed by atoms with Gasteiger partial charge in [-0.25, -0.2) is 0 Å². The molecular weight excluding hydrogens is 348 g/mol. The highest BCUT2D eigenvalue weighted by molar-refractivity contribution is 5.69. The zero-order chi connectivity index (χ0) is 20.6. The van der Waals surface area contributed by atoms with E-state index >= 15 is 0 Å². The van der Waals surface area contributed by atoms with Crippen molar-refractivity contribution in [3.05, 3.63) is 28.8 Å². The Balaban J connectivity index is 2.49. The largest absolute Gasteiger partial charge is 0.507 e. The minimum atomic E-state index is -0.105. The summed E-state index contributed by atoms with van der Waals surface area (Å²) in [5.41, 5.74) is 3.21. The lowest BCUT2D eigenvalue weighted by Gasteiger charge is -2.13. The molecule has 0 saturated carbocycles. The first-order valence-corrected chi connectivity index (χ1v) is 11.6. The quantitative estimate of drug-likeness (QED) is 0.246. The van der Waals surface area contributed by atoms with Gasteiger partial charge in [0.15, 0.2) is 0 Å². The van der Waals surface area contributed by atoms with Crippen LogP contribution in [0.1, 0.15) is 108 Å². The summed E-state index contributed by atoms with van der Waals surface area (Å²) < 4.78 is 5.40. The van der Waals surface area contributed by atoms with Crippen LogP contribution in [0, 0.1) is 0 Å². The number of esters is 1. The molecule has 0 aliphatic carbocycles. The van der Waals surface area contributed by atoms with E-state index in [-0.39, 0.29) is 5.97 Å². The summed E-state index contributed by atoms with van der Waals surface area (Å²) in [6.45, 7) is 7.09. The van der Waals surface area contributed by atoms with Gasteiger partial charge in [0.1, 0.15) is 5.75 Å². The summed E-state index contributed by atoms with van der Waals surface area (Å²) >= 11 is 0. The first kappa shape index (κ1) is 24.5. The lowest BCUT2D eigenvalue weighted by atomic mass is 9.95. The lowest BCUT2D eigenvalue weighted by molar-refractivity contribution is -0.143. The van der Waals surface area contributed by atoms with Crippen molar-refractivity contribution in [3.63, 3.8) is 0 Å². The maximum absolute atomic E-state index is 12.1. The first-order valence-electron chi connectivity index (χ1n) is 11.6. The van der Waals surface area contributed by atoms with Crippen LogP contribution in [-0.2, 0) is 28.8 Å². The Bertz CT molecular complexity index is 522. The van der Waals surface area contributed by atoms with Crippen molar-refractivity contribution >= 4 is 5.97 Å². The Hall–Kier alpha value is -1.51. The monoisotopic (exact) mass is 390 g/mol. The van der Waals surface area contributed by atoms with Crippen molar-refractivity contribution < 1.29 is 14.6 Å². The van der Waals surface area contributed by atoms with Gasteiger partial charge < -0.3 is 9.84 Å². The summed E-state index contributed by atoms with van der Waals surface area (Å²) in [5.74, 6) is 0.364. The van der Waals surface area contributed by atoms with Crippen LogP contribution in [0.4, 0.5) is 0 Å². The number of aryl methyl sites for hydroxylation is 3. The van der Waals surface area contributed by atoms with Gasteiger partial charge in [-0.05, 0) is 55.2 Å². The molecule has 0 spiro atoms. The molecule has 0 aliphatic heterocycles. The minimum absolute atomic E-state index is 0.105. The van der Waals surface area contributed by atoms with Gasteiger partial charge >= 0.3 is 5.97 Å². The molecule has 0 unspecified atom stereocenters. The molecule has 0 heterocycles. The van der Waals surface area contributed by atoms with E-state index in [9.17, 15) is 9.90 Å². The molecular formula is C25H42O3. The van der Waals surface area contributed by atoms with Crippen LogP contribution in [0.15, 0.2) is 12.1 Å². The molecule has 0 aromatic heterocycles. The summed E-state index contributed by atoms with van der Waals surface area (Å²) in [5, 5.41) is 10.6. The molecule has 3 nitrogen and oxygen atoms in total. The number of phenols is 1. The number of phenolic OH excluding ortho intramolecular Hbond substituents is 1. The second kappa shape index (κ2) is 15.4. The smallest absolute Gasteiger partial charge is 0.306 e. The maximum atomic E-state index is 12.1. The fourth-order valence-corrected chi connectivity index (χ4v) is 3.48. The molecule has 1 N–H and O–H groups in total. The highest BCUT2D eigenvalue weighted by Gasteiger charge is 2.11. The topological polar surface area (TPSA) is 46.5 Å². The van der Waals surface area contributed by atoms with Crippen LogP contribution < -0.4 is 0 Å².